The summed E-state index contributed by atoms with van der Waals surface area (Å²) in [6.07, 6.45) is 1.75. The molecule has 6 heteroatoms. The molecular weight excluding hydrogens is 286 g/mol. The standard InChI is InChI=1S/C15H15N3O2S/c1-2-20-15(19)13-11(16)12-14(21-13)17-9-18(12)8-10-6-4-3-5-7-10/h3-7,9H,2,8,16H2,1H3. The van der Waals surface area contributed by atoms with Gasteiger partial charge in [-0.05, 0) is 12.5 Å². The molecule has 0 unspecified atom stereocenters. The van der Waals surface area contributed by atoms with Crippen LogP contribution in [0.5, 0.6) is 0 Å². The normalized spacial score (nSPS) is 10.9. The van der Waals surface area contributed by atoms with E-state index in [1.54, 1.807) is 13.3 Å². The predicted octanol–water partition coefficient (Wildman–Crippen LogP) is 2.91. The number of aromatic nitrogens is 2. The van der Waals surface area contributed by atoms with Gasteiger partial charge < -0.3 is 15.0 Å². The summed E-state index contributed by atoms with van der Waals surface area (Å²) in [6.45, 7) is 2.77. The van der Waals surface area contributed by atoms with Crippen LogP contribution in [-0.4, -0.2) is 22.1 Å². The molecule has 108 valence electrons. The van der Waals surface area contributed by atoms with Crippen LogP contribution >= 0.6 is 11.3 Å². The van der Waals surface area contributed by atoms with Crippen LogP contribution in [0, 0.1) is 0 Å². The van der Waals surface area contributed by atoms with Gasteiger partial charge in [-0.2, -0.15) is 0 Å². The van der Waals surface area contributed by atoms with Crippen molar-refractivity contribution in [3.05, 3.63) is 47.1 Å². The van der Waals surface area contributed by atoms with Gasteiger partial charge in [0.1, 0.15) is 15.2 Å². The van der Waals surface area contributed by atoms with Crippen LogP contribution in [-0.2, 0) is 11.3 Å². The Morgan fingerprint density at radius 1 is 1.38 bits per heavy atom. The lowest BCUT2D eigenvalue weighted by molar-refractivity contribution is 0.0533. The molecule has 0 bridgehead atoms. The number of benzene rings is 1. The quantitative estimate of drug-likeness (QED) is 0.752. The number of hydrogen-bond donors (Lipinski definition) is 1. The molecule has 0 aliphatic rings. The molecule has 1 aromatic carbocycles. The van der Waals surface area contributed by atoms with E-state index in [0.29, 0.717) is 23.7 Å². The minimum atomic E-state index is -0.385. The van der Waals surface area contributed by atoms with Gasteiger partial charge in [-0.1, -0.05) is 30.3 Å². The number of ether oxygens (including phenoxy) is 1. The van der Waals surface area contributed by atoms with Crippen LogP contribution in [0.4, 0.5) is 5.69 Å². The van der Waals surface area contributed by atoms with Gasteiger partial charge in [0.15, 0.2) is 0 Å². The lowest BCUT2D eigenvalue weighted by Crippen LogP contribution is -2.06. The molecule has 2 N–H and O–H groups in total. The number of fused-ring (bicyclic) bond motifs is 1. The molecule has 2 heterocycles. The third-order valence-electron chi connectivity index (χ3n) is 3.16. The van der Waals surface area contributed by atoms with E-state index in [9.17, 15) is 4.79 Å². The minimum Gasteiger partial charge on any atom is -0.462 e. The Kier molecular flexibility index (Phi) is 3.62. The minimum absolute atomic E-state index is 0.331. The predicted molar refractivity (Wildman–Crippen MR) is 83.5 cm³/mol. The second kappa shape index (κ2) is 5.57. The smallest absolute Gasteiger partial charge is 0.350 e. The highest BCUT2D eigenvalue weighted by molar-refractivity contribution is 7.21. The summed E-state index contributed by atoms with van der Waals surface area (Å²) >= 11 is 1.27. The molecule has 3 aromatic rings. The monoisotopic (exact) mass is 301 g/mol. The Hall–Kier alpha value is -2.34. The lowest BCUT2D eigenvalue weighted by Gasteiger charge is -2.05. The molecule has 3 rings (SSSR count). The number of imidazole rings is 1. The van der Waals surface area contributed by atoms with Crippen LogP contribution in [0.25, 0.3) is 10.3 Å². The van der Waals surface area contributed by atoms with Gasteiger partial charge in [0.25, 0.3) is 0 Å². The Labute approximate surface area is 126 Å². The van der Waals surface area contributed by atoms with E-state index < -0.39 is 0 Å². The van der Waals surface area contributed by atoms with Crippen molar-refractivity contribution >= 4 is 33.3 Å². The average Bonchev–Trinajstić information content (AvgIpc) is 3.02. The topological polar surface area (TPSA) is 70.1 Å². The number of nitrogens with zero attached hydrogens (tertiary/aromatic N) is 2. The number of rotatable bonds is 4. The fourth-order valence-corrected chi connectivity index (χ4v) is 3.18. The summed E-state index contributed by atoms with van der Waals surface area (Å²) in [6, 6.07) is 10.0. The van der Waals surface area contributed by atoms with E-state index in [2.05, 4.69) is 4.98 Å². The van der Waals surface area contributed by atoms with E-state index in [0.717, 1.165) is 15.9 Å². The third kappa shape index (κ3) is 2.50. The van der Waals surface area contributed by atoms with Gasteiger partial charge >= 0.3 is 5.97 Å². The SMILES string of the molecule is CCOC(=O)c1sc2ncn(Cc3ccccc3)c2c1N. The van der Waals surface area contributed by atoms with Gasteiger partial charge in [-0.3, -0.25) is 0 Å². The number of hydrogen-bond acceptors (Lipinski definition) is 5. The van der Waals surface area contributed by atoms with E-state index in [1.807, 2.05) is 34.9 Å². The molecule has 0 atom stereocenters. The highest BCUT2D eigenvalue weighted by Crippen LogP contribution is 2.33. The largest absolute Gasteiger partial charge is 0.462 e. The maximum atomic E-state index is 11.9. The highest BCUT2D eigenvalue weighted by Gasteiger charge is 2.20. The van der Waals surface area contributed by atoms with Crippen molar-refractivity contribution in [2.45, 2.75) is 13.5 Å². The molecular formula is C15H15N3O2S. The van der Waals surface area contributed by atoms with Crippen molar-refractivity contribution in [2.24, 2.45) is 0 Å². The van der Waals surface area contributed by atoms with Crippen LogP contribution in [0.2, 0.25) is 0 Å². The van der Waals surface area contributed by atoms with Crippen molar-refractivity contribution in [3.63, 3.8) is 0 Å². The Morgan fingerprint density at radius 3 is 2.86 bits per heavy atom. The van der Waals surface area contributed by atoms with Crippen LogP contribution < -0.4 is 5.73 Å². The van der Waals surface area contributed by atoms with Crippen molar-refractivity contribution in [2.75, 3.05) is 12.3 Å². The molecule has 0 fully saturated rings. The fraction of sp³-hybridized carbons (Fsp3) is 0.200. The second-order valence-electron chi connectivity index (χ2n) is 4.58. The summed E-state index contributed by atoms with van der Waals surface area (Å²) in [5.74, 6) is -0.385. The lowest BCUT2D eigenvalue weighted by atomic mass is 10.2. The first-order valence-corrected chi connectivity index (χ1v) is 7.46. The van der Waals surface area contributed by atoms with Gasteiger partial charge in [0, 0.05) is 6.54 Å². The molecule has 0 aliphatic heterocycles. The summed E-state index contributed by atoms with van der Waals surface area (Å²) in [5.41, 5.74) is 8.51. The van der Waals surface area contributed by atoms with Crippen LogP contribution in [0.3, 0.4) is 0 Å². The number of carbonyl (C=O) groups is 1. The molecule has 0 saturated carbocycles. The number of anilines is 1. The summed E-state index contributed by atoms with van der Waals surface area (Å²) in [4.78, 5) is 17.4. The zero-order valence-electron chi connectivity index (χ0n) is 11.6. The molecule has 21 heavy (non-hydrogen) atoms. The van der Waals surface area contributed by atoms with Gasteiger partial charge in [0.05, 0.1) is 18.6 Å². The van der Waals surface area contributed by atoms with Gasteiger partial charge in [-0.25, -0.2) is 9.78 Å². The maximum absolute atomic E-state index is 11.9. The van der Waals surface area contributed by atoms with Gasteiger partial charge in [-0.15, -0.1) is 11.3 Å². The van der Waals surface area contributed by atoms with Crippen molar-refractivity contribution in [1.82, 2.24) is 9.55 Å². The van der Waals surface area contributed by atoms with Crippen LogP contribution in [0.1, 0.15) is 22.2 Å². The van der Waals surface area contributed by atoms with Gasteiger partial charge in [0.2, 0.25) is 0 Å². The molecule has 0 radical (unpaired) electrons. The molecule has 0 spiro atoms. The van der Waals surface area contributed by atoms with E-state index in [4.69, 9.17) is 10.5 Å². The van der Waals surface area contributed by atoms with E-state index in [1.165, 1.54) is 11.3 Å². The number of thiophene rings is 1. The number of nitrogens with two attached hydrogens (primary N) is 1. The fourth-order valence-electron chi connectivity index (χ4n) is 2.22. The summed E-state index contributed by atoms with van der Waals surface area (Å²) in [5, 5.41) is 0. The first kappa shape index (κ1) is 13.6. The molecule has 5 nitrogen and oxygen atoms in total. The van der Waals surface area contributed by atoms with E-state index >= 15 is 0 Å². The third-order valence-corrected chi connectivity index (χ3v) is 4.24. The Morgan fingerprint density at radius 2 is 2.14 bits per heavy atom. The number of nitrogen functional groups attached to an aromatic ring is 1. The first-order valence-electron chi connectivity index (χ1n) is 6.65. The molecule has 0 aliphatic carbocycles. The Bertz CT molecular complexity index is 777. The first-order chi connectivity index (χ1) is 10.2. The average molecular weight is 301 g/mol. The van der Waals surface area contributed by atoms with Crippen molar-refractivity contribution in [1.29, 1.82) is 0 Å². The van der Waals surface area contributed by atoms with Crippen molar-refractivity contribution < 1.29 is 9.53 Å². The summed E-state index contributed by atoms with van der Waals surface area (Å²) in [7, 11) is 0. The maximum Gasteiger partial charge on any atom is 0.350 e. The zero-order valence-corrected chi connectivity index (χ0v) is 12.4. The number of carbonyl (C=O) groups excluding carboxylic acids is 1. The number of esters is 1. The Balaban J connectivity index is 1.99. The van der Waals surface area contributed by atoms with Crippen LogP contribution in [0.15, 0.2) is 36.7 Å². The second-order valence-corrected chi connectivity index (χ2v) is 5.58. The highest BCUT2D eigenvalue weighted by atomic mass is 32.1. The molecule has 0 amide bonds. The zero-order chi connectivity index (χ0) is 14.8. The van der Waals surface area contributed by atoms with Crippen molar-refractivity contribution in [3.8, 4) is 0 Å². The summed E-state index contributed by atoms with van der Waals surface area (Å²) < 4.78 is 6.98. The molecule has 0 saturated heterocycles. The van der Waals surface area contributed by atoms with E-state index in [-0.39, 0.29) is 5.97 Å². The molecule has 2 aromatic heterocycles.